The number of likely N-dealkylation sites (tertiary alicyclic amines) is 1. The van der Waals surface area contributed by atoms with E-state index < -0.39 is 0 Å². The van der Waals surface area contributed by atoms with Crippen molar-refractivity contribution in [2.45, 2.75) is 37.4 Å². The molecule has 1 N–H and O–H groups in total. The summed E-state index contributed by atoms with van der Waals surface area (Å²) in [4.78, 5) is 13.3. The van der Waals surface area contributed by atoms with Gasteiger partial charge in [-0.3, -0.25) is 9.69 Å². The first-order valence-electron chi connectivity index (χ1n) is 7.39. The molecule has 2 fully saturated rings. The first-order valence-corrected chi connectivity index (χ1v) is 7.39. The number of hydrogen-bond donors (Lipinski definition) is 1. The summed E-state index contributed by atoms with van der Waals surface area (Å²) >= 11 is 0. The molecule has 108 valence electrons. The van der Waals surface area contributed by atoms with Crippen LogP contribution in [-0.2, 0) is 16.1 Å². The minimum Gasteiger partial charge on any atom is -0.381 e. The minimum atomic E-state index is 0.203. The number of carbonyl (C=O) groups is 1. The number of carbonyl (C=O) groups excluding carboxylic acids is 1. The molecule has 0 radical (unpaired) electrons. The molecule has 0 aliphatic carbocycles. The van der Waals surface area contributed by atoms with Crippen LogP contribution in [-0.4, -0.2) is 42.6 Å². The van der Waals surface area contributed by atoms with Crippen LogP contribution in [0, 0.1) is 0 Å². The van der Waals surface area contributed by atoms with Crippen LogP contribution >= 0.6 is 0 Å². The minimum absolute atomic E-state index is 0.203. The predicted octanol–water partition coefficient (Wildman–Crippen LogP) is 1.56. The quantitative estimate of drug-likeness (QED) is 0.847. The van der Waals surface area contributed by atoms with Crippen molar-refractivity contribution < 1.29 is 9.53 Å². The zero-order chi connectivity index (χ0) is 13.8. The van der Waals surface area contributed by atoms with Gasteiger partial charge in [0, 0.05) is 37.9 Å². The van der Waals surface area contributed by atoms with Crippen LogP contribution in [0.2, 0.25) is 0 Å². The van der Waals surface area contributed by atoms with E-state index in [1.54, 1.807) is 0 Å². The molecule has 1 unspecified atom stereocenters. The molecule has 1 aromatic carbocycles. The van der Waals surface area contributed by atoms with Crippen molar-refractivity contribution in [3.63, 3.8) is 0 Å². The highest BCUT2D eigenvalue weighted by Crippen LogP contribution is 2.38. The summed E-state index contributed by atoms with van der Waals surface area (Å²) in [5.41, 5.74) is 1.54. The van der Waals surface area contributed by atoms with Gasteiger partial charge in [0.25, 0.3) is 0 Å². The molecule has 4 nitrogen and oxygen atoms in total. The van der Waals surface area contributed by atoms with Crippen LogP contribution in [0.3, 0.4) is 0 Å². The SMILES string of the molecule is O=CNC1CN(Cc2ccccc2)C2(CCOCC2)C1. The van der Waals surface area contributed by atoms with Gasteiger partial charge in [-0.1, -0.05) is 30.3 Å². The van der Waals surface area contributed by atoms with E-state index in [0.717, 1.165) is 52.0 Å². The fourth-order valence-electron chi connectivity index (χ4n) is 3.63. The second-order valence-corrected chi connectivity index (χ2v) is 5.89. The summed E-state index contributed by atoms with van der Waals surface area (Å²) in [6.07, 6.45) is 4.01. The molecule has 3 rings (SSSR count). The summed E-state index contributed by atoms with van der Waals surface area (Å²) in [5.74, 6) is 0. The third kappa shape index (κ3) is 2.72. The molecule has 0 aromatic heterocycles. The maximum absolute atomic E-state index is 10.7. The van der Waals surface area contributed by atoms with E-state index in [4.69, 9.17) is 4.74 Å². The summed E-state index contributed by atoms with van der Waals surface area (Å²) in [5, 5.41) is 2.97. The van der Waals surface area contributed by atoms with Gasteiger partial charge in [-0.25, -0.2) is 0 Å². The molecule has 2 saturated heterocycles. The van der Waals surface area contributed by atoms with Crippen LogP contribution in [0.25, 0.3) is 0 Å². The summed E-state index contributed by atoms with van der Waals surface area (Å²) in [7, 11) is 0. The lowest BCUT2D eigenvalue weighted by molar-refractivity contribution is -0.110. The third-order valence-electron chi connectivity index (χ3n) is 4.68. The fourth-order valence-corrected chi connectivity index (χ4v) is 3.63. The molecule has 2 aliphatic rings. The van der Waals surface area contributed by atoms with Crippen molar-refractivity contribution in [3.05, 3.63) is 35.9 Å². The standard InChI is InChI=1S/C16H22N2O2/c19-13-17-15-10-16(6-8-20-9-7-16)18(12-15)11-14-4-2-1-3-5-14/h1-5,13,15H,6-12H2,(H,17,19). The number of nitrogens with one attached hydrogen (secondary N) is 1. The lowest BCUT2D eigenvalue weighted by Crippen LogP contribution is -2.47. The molecule has 1 atom stereocenters. The fraction of sp³-hybridized carbons (Fsp3) is 0.562. The predicted molar refractivity (Wildman–Crippen MR) is 77.2 cm³/mol. The van der Waals surface area contributed by atoms with Crippen molar-refractivity contribution >= 4 is 6.41 Å². The average molecular weight is 274 g/mol. The maximum Gasteiger partial charge on any atom is 0.207 e. The Morgan fingerprint density at radius 2 is 2.05 bits per heavy atom. The van der Waals surface area contributed by atoms with E-state index >= 15 is 0 Å². The Bertz CT molecular complexity index is 443. The molecular formula is C16H22N2O2. The Labute approximate surface area is 120 Å². The van der Waals surface area contributed by atoms with Crippen molar-refractivity contribution in [2.24, 2.45) is 0 Å². The number of amides is 1. The van der Waals surface area contributed by atoms with Crippen LogP contribution < -0.4 is 5.32 Å². The van der Waals surface area contributed by atoms with Crippen LogP contribution in [0.4, 0.5) is 0 Å². The number of rotatable bonds is 4. The lowest BCUT2D eigenvalue weighted by Gasteiger charge is -2.41. The van der Waals surface area contributed by atoms with Gasteiger partial charge in [0.1, 0.15) is 0 Å². The molecule has 4 heteroatoms. The zero-order valence-corrected chi connectivity index (χ0v) is 11.8. The Kier molecular flexibility index (Phi) is 4.03. The second-order valence-electron chi connectivity index (χ2n) is 5.89. The van der Waals surface area contributed by atoms with E-state index in [-0.39, 0.29) is 11.6 Å². The van der Waals surface area contributed by atoms with Gasteiger partial charge < -0.3 is 10.1 Å². The number of benzene rings is 1. The highest BCUT2D eigenvalue weighted by molar-refractivity contribution is 5.47. The van der Waals surface area contributed by atoms with Crippen molar-refractivity contribution in [1.29, 1.82) is 0 Å². The Hall–Kier alpha value is -1.39. The molecule has 2 heterocycles. The average Bonchev–Trinajstić information content (AvgIpc) is 2.78. The van der Waals surface area contributed by atoms with Crippen molar-refractivity contribution in [2.75, 3.05) is 19.8 Å². The normalized spacial score (nSPS) is 25.7. The van der Waals surface area contributed by atoms with Gasteiger partial charge in [0.2, 0.25) is 6.41 Å². The Morgan fingerprint density at radius 1 is 1.30 bits per heavy atom. The summed E-state index contributed by atoms with van der Waals surface area (Å²) in [6, 6.07) is 10.8. The first kappa shape index (κ1) is 13.6. The van der Waals surface area contributed by atoms with Gasteiger partial charge in [0.15, 0.2) is 0 Å². The molecule has 2 aliphatic heterocycles. The van der Waals surface area contributed by atoms with Gasteiger partial charge >= 0.3 is 0 Å². The monoisotopic (exact) mass is 274 g/mol. The molecule has 1 spiro atoms. The topological polar surface area (TPSA) is 41.6 Å². The molecule has 1 aromatic rings. The summed E-state index contributed by atoms with van der Waals surface area (Å²) in [6.45, 7) is 3.56. The van der Waals surface area contributed by atoms with E-state index in [2.05, 4.69) is 40.5 Å². The van der Waals surface area contributed by atoms with Gasteiger partial charge in [-0.2, -0.15) is 0 Å². The Balaban J connectivity index is 1.76. The molecule has 1 amide bonds. The van der Waals surface area contributed by atoms with E-state index in [9.17, 15) is 4.79 Å². The second kappa shape index (κ2) is 5.94. The lowest BCUT2D eigenvalue weighted by atomic mass is 9.86. The van der Waals surface area contributed by atoms with Gasteiger partial charge in [0.05, 0.1) is 0 Å². The van der Waals surface area contributed by atoms with Crippen LogP contribution in [0.15, 0.2) is 30.3 Å². The third-order valence-corrected chi connectivity index (χ3v) is 4.68. The number of nitrogens with zero attached hydrogens (tertiary/aromatic N) is 1. The summed E-state index contributed by atoms with van der Waals surface area (Å²) < 4.78 is 5.53. The van der Waals surface area contributed by atoms with E-state index in [1.807, 2.05) is 0 Å². The largest absolute Gasteiger partial charge is 0.381 e. The Morgan fingerprint density at radius 3 is 2.75 bits per heavy atom. The molecule has 0 bridgehead atoms. The maximum atomic E-state index is 10.7. The van der Waals surface area contributed by atoms with E-state index in [0.29, 0.717) is 0 Å². The smallest absolute Gasteiger partial charge is 0.207 e. The molecular weight excluding hydrogens is 252 g/mol. The number of ether oxygens (including phenoxy) is 1. The molecule has 0 saturated carbocycles. The number of hydrogen-bond acceptors (Lipinski definition) is 3. The van der Waals surface area contributed by atoms with E-state index in [1.165, 1.54) is 5.56 Å². The van der Waals surface area contributed by atoms with Crippen molar-refractivity contribution in [1.82, 2.24) is 10.2 Å². The van der Waals surface area contributed by atoms with Gasteiger partial charge in [-0.15, -0.1) is 0 Å². The van der Waals surface area contributed by atoms with Gasteiger partial charge in [-0.05, 0) is 24.8 Å². The zero-order valence-electron chi connectivity index (χ0n) is 11.8. The van der Waals surface area contributed by atoms with Crippen LogP contribution in [0.1, 0.15) is 24.8 Å². The highest BCUT2D eigenvalue weighted by atomic mass is 16.5. The van der Waals surface area contributed by atoms with Crippen molar-refractivity contribution in [3.8, 4) is 0 Å². The first-order chi connectivity index (χ1) is 9.82. The van der Waals surface area contributed by atoms with Crippen LogP contribution in [0.5, 0.6) is 0 Å². The molecule has 20 heavy (non-hydrogen) atoms. The highest BCUT2D eigenvalue weighted by Gasteiger charge is 2.45.